The van der Waals surface area contributed by atoms with Gasteiger partial charge in [0.2, 0.25) is 5.95 Å². The van der Waals surface area contributed by atoms with Gasteiger partial charge in [0.05, 0.1) is 27.8 Å². The van der Waals surface area contributed by atoms with E-state index in [4.69, 9.17) is 19.4 Å². The number of rotatable bonds is 4. The van der Waals surface area contributed by atoms with Crippen molar-refractivity contribution in [2.24, 2.45) is 0 Å². The van der Waals surface area contributed by atoms with Gasteiger partial charge in [-0.15, -0.1) is 0 Å². The molecule has 0 saturated carbocycles. The summed E-state index contributed by atoms with van der Waals surface area (Å²) in [5.74, 6) is 1.70. The first-order chi connectivity index (χ1) is 31.3. The molecule has 0 bridgehead atoms. The predicted octanol–water partition coefficient (Wildman–Crippen LogP) is 14.6. The van der Waals surface area contributed by atoms with Crippen LogP contribution in [0, 0.1) is 0 Å². The Kier molecular flexibility index (Phi) is 7.02. The molecule has 1 aliphatic heterocycles. The van der Waals surface area contributed by atoms with Crippen LogP contribution in [0.5, 0.6) is 0 Å². The molecule has 0 N–H and O–H groups in total. The average molecular weight is 804 g/mol. The standard InChI is InChI=1S/C57H33N5O/c1-3-16-34(17-4-1)36-30-31-41-38-21-8-7-20-37(38)39-22-9-12-26-46(39)61-52(41)51(36)44-33-32-42-40-23-10-13-27-47(40)62(53(42)54(44)61)57-59-55(35-18-5-2-6-19-35)58-56(60-57)45-25-15-29-49-50(45)43-24-11-14-28-48(43)63-49/h1-33H. The second-order valence-electron chi connectivity index (χ2n) is 16.3. The maximum absolute atomic E-state index is 6.39. The molecule has 9 aromatic carbocycles. The number of hydrogen-bond acceptors (Lipinski definition) is 4. The molecule has 0 unspecified atom stereocenters. The minimum absolute atomic E-state index is 0.536. The maximum atomic E-state index is 6.39. The molecule has 0 fully saturated rings. The zero-order chi connectivity index (χ0) is 41.2. The van der Waals surface area contributed by atoms with Gasteiger partial charge in [0, 0.05) is 54.6 Å². The summed E-state index contributed by atoms with van der Waals surface area (Å²) in [5, 5.41) is 6.59. The molecule has 0 spiro atoms. The molecule has 0 saturated heterocycles. The number of benzene rings is 9. The lowest BCUT2D eigenvalue weighted by molar-refractivity contribution is 0.669. The van der Waals surface area contributed by atoms with E-state index in [-0.39, 0.29) is 0 Å². The normalized spacial score (nSPS) is 12.1. The van der Waals surface area contributed by atoms with Gasteiger partial charge in [-0.05, 0) is 46.5 Å². The Bertz CT molecular complexity index is 4030. The van der Waals surface area contributed by atoms with Gasteiger partial charge in [-0.2, -0.15) is 9.97 Å². The highest BCUT2D eigenvalue weighted by Crippen LogP contribution is 2.51. The van der Waals surface area contributed by atoms with Gasteiger partial charge in [0.25, 0.3) is 0 Å². The Morgan fingerprint density at radius 1 is 0.317 bits per heavy atom. The first-order valence-electron chi connectivity index (χ1n) is 21.3. The van der Waals surface area contributed by atoms with Gasteiger partial charge >= 0.3 is 0 Å². The third-order valence-corrected chi connectivity index (χ3v) is 12.9. The van der Waals surface area contributed by atoms with Crippen LogP contribution < -0.4 is 0 Å². The fraction of sp³-hybridized carbons (Fsp3) is 0. The Balaban J connectivity index is 1.18. The largest absolute Gasteiger partial charge is 0.456 e. The second kappa shape index (κ2) is 12.9. The van der Waals surface area contributed by atoms with Crippen LogP contribution in [0.1, 0.15) is 0 Å². The smallest absolute Gasteiger partial charge is 0.238 e. The molecule has 292 valence electrons. The first kappa shape index (κ1) is 34.1. The van der Waals surface area contributed by atoms with Crippen molar-refractivity contribution in [3.63, 3.8) is 0 Å². The van der Waals surface area contributed by atoms with E-state index in [1.54, 1.807) is 0 Å². The van der Waals surface area contributed by atoms with Crippen LogP contribution in [0.2, 0.25) is 0 Å². The zero-order valence-electron chi connectivity index (χ0n) is 33.7. The molecule has 13 aromatic rings. The highest BCUT2D eigenvalue weighted by Gasteiger charge is 2.30. The lowest BCUT2D eigenvalue weighted by Gasteiger charge is -2.15. The molecule has 5 heterocycles. The molecule has 0 radical (unpaired) electrons. The second-order valence-corrected chi connectivity index (χ2v) is 16.3. The van der Waals surface area contributed by atoms with Crippen molar-refractivity contribution in [3.8, 4) is 67.8 Å². The van der Waals surface area contributed by atoms with E-state index in [0.29, 0.717) is 17.6 Å². The van der Waals surface area contributed by atoms with Gasteiger partial charge in [0.1, 0.15) is 11.2 Å². The van der Waals surface area contributed by atoms with Gasteiger partial charge in [-0.25, -0.2) is 4.98 Å². The van der Waals surface area contributed by atoms with E-state index >= 15 is 0 Å². The van der Waals surface area contributed by atoms with Gasteiger partial charge in [-0.1, -0.05) is 176 Å². The summed E-state index contributed by atoms with van der Waals surface area (Å²) >= 11 is 0. The third-order valence-electron chi connectivity index (χ3n) is 12.9. The summed E-state index contributed by atoms with van der Waals surface area (Å²) in [6.07, 6.45) is 0. The van der Waals surface area contributed by atoms with Crippen molar-refractivity contribution in [1.82, 2.24) is 24.1 Å². The van der Waals surface area contributed by atoms with Crippen molar-refractivity contribution in [2.75, 3.05) is 0 Å². The summed E-state index contributed by atoms with van der Waals surface area (Å²) in [4.78, 5) is 16.2. The summed E-state index contributed by atoms with van der Waals surface area (Å²) < 4.78 is 11.2. The van der Waals surface area contributed by atoms with Gasteiger partial charge in [-0.3, -0.25) is 4.57 Å². The molecule has 63 heavy (non-hydrogen) atoms. The fourth-order valence-corrected chi connectivity index (χ4v) is 10.3. The molecular formula is C57H33N5O. The van der Waals surface area contributed by atoms with Crippen LogP contribution in [0.3, 0.4) is 0 Å². The Morgan fingerprint density at radius 3 is 1.76 bits per heavy atom. The summed E-state index contributed by atoms with van der Waals surface area (Å²) in [5.41, 5.74) is 16.0. The van der Waals surface area contributed by atoms with Gasteiger partial charge < -0.3 is 8.98 Å². The minimum Gasteiger partial charge on any atom is -0.456 e. The number of para-hydroxylation sites is 3. The van der Waals surface area contributed by atoms with Crippen molar-refractivity contribution < 1.29 is 4.42 Å². The SMILES string of the molecule is c1ccc(-c2nc(-c3cccc4oc5ccccc5c34)nc(-n3c4ccccc4c4ccc5c6c(-c7ccccc7)ccc7c6n(c5c43)-c3ccccc3-c3ccccc3-7)n2)cc1. The van der Waals surface area contributed by atoms with E-state index < -0.39 is 0 Å². The lowest BCUT2D eigenvalue weighted by Crippen LogP contribution is -2.07. The van der Waals surface area contributed by atoms with E-state index in [1.165, 1.54) is 44.3 Å². The molecule has 14 rings (SSSR count). The molecule has 6 nitrogen and oxygen atoms in total. The summed E-state index contributed by atoms with van der Waals surface area (Å²) in [7, 11) is 0. The number of furan rings is 1. The monoisotopic (exact) mass is 803 g/mol. The van der Waals surface area contributed by atoms with Gasteiger partial charge in [0.15, 0.2) is 11.6 Å². The molecule has 1 aliphatic rings. The van der Waals surface area contributed by atoms with Crippen LogP contribution in [-0.2, 0) is 0 Å². The predicted molar refractivity (Wildman–Crippen MR) is 257 cm³/mol. The van der Waals surface area contributed by atoms with Crippen LogP contribution in [0.4, 0.5) is 0 Å². The minimum atomic E-state index is 0.536. The Labute approximate surface area is 360 Å². The Morgan fingerprint density at radius 2 is 0.921 bits per heavy atom. The topological polar surface area (TPSA) is 61.7 Å². The zero-order valence-corrected chi connectivity index (χ0v) is 33.7. The quantitative estimate of drug-likeness (QED) is 0.178. The van der Waals surface area contributed by atoms with Crippen molar-refractivity contribution in [3.05, 3.63) is 200 Å². The van der Waals surface area contributed by atoms with Crippen LogP contribution in [0.15, 0.2) is 205 Å². The first-order valence-corrected chi connectivity index (χ1v) is 21.3. The van der Waals surface area contributed by atoms with E-state index in [1.807, 2.05) is 48.5 Å². The Hall–Kier alpha value is -8.61. The molecule has 0 amide bonds. The van der Waals surface area contributed by atoms with E-state index in [0.717, 1.165) is 71.5 Å². The molecule has 0 aliphatic carbocycles. The number of aromatic nitrogens is 5. The van der Waals surface area contributed by atoms with Crippen LogP contribution in [-0.4, -0.2) is 24.1 Å². The van der Waals surface area contributed by atoms with E-state index in [9.17, 15) is 0 Å². The summed E-state index contributed by atoms with van der Waals surface area (Å²) in [6.45, 7) is 0. The van der Waals surface area contributed by atoms with Crippen LogP contribution in [0.25, 0.3) is 133 Å². The maximum Gasteiger partial charge on any atom is 0.238 e. The molecule has 0 atom stereocenters. The summed E-state index contributed by atoms with van der Waals surface area (Å²) in [6, 6.07) is 70.9. The number of nitrogens with zero attached hydrogens (tertiary/aromatic N) is 5. The van der Waals surface area contributed by atoms with Crippen molar-refractivity contribution in [2.45, 2.75) is 0 Å². The molecule has 6 heteroatoms. The fourth-order valence-electron chi connectivity index (χ4n) is 10.3. The lowest BCUT2D eigenvalue weighted by atomic mass is 9.91. The highest BCUT2D eigenvalue weighted by atomic mass is 16.3. The van der Waals surface area contributed by atoms with Crippen molar-refractivity contribution >= 4 is 65.6 Å². The molecular weight excluding hydrogens is 771 g/mol. The number of fused-ring (bicyclic) bond motifs is 15. The van der Waals surface area contributed by atoms with Crippen LogP contribution >= 0.6 is 0 Å². The molecule has 4 aromatic heterocycles. The van der Waals surface area contributed by atoms with E-state index in [2.05, 4.69) is 161 Å². The average Bonchev–Trinajstić information content (AvgIpc) is 4.00. The third kappa shape index (κ3) is 4.80. The number of hydrogen-bond donors (Lipinski definition) is 0. The highest BCUT2D eigenvalue weighted by molar-refractivity contribution is 6.28. The van der Waals surface area contributed by atoms with Crippen molar-refractivity contribution in [1.29, 1.82) is 0 Å².